The van der Waals surface area contributed by atoms with Gasteiger partial charge >= 0.3 is 0 Å². The highest BCUT2D eigenvalue weighted by Gasteiger charge is 2.20. The molecule has 0 amide bonds. The Morgan fingerprint density at radius 1 is 1.03 bits per heavy atom. The van der Waals surface area contributed by atoms with E-state index in [1.54, 1.807) is 14.2 Å². The van der Waals surface area contributed by atoms with E-state index in [0.717, 1.165) is 37.2 Å². The number of halogens is 3. The van der Waals surface area contributed by atoms with Crippen molar-refractivity contribution in [2.24, 2.45) is 0 Å². The summed E-state index contributed by atoms with van der Waals surface area (Å²) < 4.78 is 63.8. The zero-order valence-corrected chi connectivity index (χ0v) is 18.4. The van der Waals surface area contributed by atoms with Crippen molar-refractivity contribution in [3.8, 4) is 11.5 Å². The summed E-state index contributed by atoms with van der Waals surface area (Å²) >= 11 is 0. The molecule has 0 spiro atoms. The normalized spacial score (nSPS) is 14.0. The maximum absolute atomic E-state index is 13.3. The molecule has 1 heterocycles. The number of ether oxygens (including phenoxy) is 2. The Morgan fingerprint density at radius 3 is 2.33 bits per heavy atom. The van der Waals surface area contributed by atoms with Crippen LogP contribution in [-0.2, 0) is 23.0 Å². The predicted octanol–water partition coefficient (Wildman–Crippen LogP) is 3.13. The first kappa shape index (κ1) is 24.3. The van der Waals surface area contributed by atoms with Gasteiger partial charge in [-0.25, -0.2) is 21.9 Å². The minimum atomic E-state index is -3.87. The highest BCUT2D eigenvalue weighted by molar-refractivity contribution is 7.89. The molecule has 0 bridgehead atoms. The number of benzene rings is 2. The summed E-state index contributed by atoms with van der Waals surface area (Å²) in [6.07, 6.45) is 1.46. The lowest BCUT2D eigenvalue weighted by molar-refractivity contribution is 0.250. The van der Waals surface area contributed by atoms with Gasteiger partial charge in [0, 0.05) is 19.6 Å². The van der Waals surface area contributed by atoms with Crippen LogP contribution < -0.4 is 14.2 Å². The maximum atomic E-state index is 13.3. The third-order valence-electron chi connectivity index (χ3n) is 4.94. The summed E-state index contributed by atoms with van der Waals surface area (Å²) in [6.45, 7) is 2.51. The summed E-state index contributed by atoms with van der Waals surface area (Å²) in [4.78, 5) is 1.95. The van der Waals surface area contributed by atoms with Crippen molar-refractivity contribution in [1.82, 2.24) is 9.62 Å². The molecule has 1 aliphatic rings. The van der Waals surface area contributed by atoms with E-state index in [2.05, 4.69) is 9.62 Å². The number of fused-ring (bicyclic) bond motifs is 1. The van der Waals surface area contributed by atoms with E-state index >= 15 is 0 Å². The van der Waals surface area contributed by atoms with Gasteiger partial charge in [0.2, 0.25) is 10.0 Å². The van der Waals surface area contributed by atoms with E-state index in [0.29, 0.717) is 30.5 Å². The molecule has 0 unspecified atom stereocenters. The molecule has 2 aromatic rings. The molecule has 10 heteroatoms. The van der Waals surface area contributed by atoms with E-state index in [9.17, 15) is 17.2 Å². The topological polar surface area (TPSA) is 67.9 Å². The number of methoxy groups -OCH3 is 2. The van der Waals surface area contributed by atoms with Crippen LogP contribution in [0.3, 0.4) is 0 Å². The average Bonchev–Trinajstić information content (AvgIpc) is 2.71. The quantitative estimate of drug-likeness (QED) is 0.610. The van der Waals surface area contributed by atoms with Gasteiger partial charge < -0.3 is 9.47 Å². The molecular formula is C20H25ClF2N2O4S. The van der Waals surface area contributed by atoms with E-state index in [1.807, 2.05) is 12.1 Å². The molecule has 166 valence electrons. The van der Waals surface area contributed by atoms with E-state index in [-0.39, 0.29) is 23.8 Å². The van der Waals surface area contributed by atoms with Crippen LogP contribution in [0.25, 0.3) is 0 Å². The van der Waals surface area contributed by atoms with Crippen LogP contribution >= 0.6 is 12.4 Å². The molecule has 1 N–H and O–H groups in total. The summed E-state index contributed by atoms with van der Waals surface area (Å²) in [5.41, 5.74) is 2.38. The van der Waals surface area contributed by atoms with Crippen LogP contribution in [0.1, 0.15) is 17.5 Å². The van der Waals surface area contributed by atoms with Crippen molar-refractivity contribution in [1.29, 1.82) is 0 Å². The SMILES string of the molecule is COc1cc2c(cc1OC)CN(CCCNS(=O)(=O)c1ccc(F)c(F)c1)CC2.Cl. The molecule has 0 radical (unpaired) electrons. The number of sulfonamides is 1. The van der Waals surface area contributed by atoms with Crippen LogP contribution in [0.4, 0.5) is 8.78 Å². The molecule has 0 saturated heterocycles. The Labute approximate surface area is 181 Å². The zero-order chi connectivity index (χ0) is 21.0. The molecule has 0 atom stereocenters. The van der Waals surface area contributed by atoms with Crippen LogP contribution in [0.2, 0.25) is 0 Å². The first-order valence-electron chi connectivity index (χ1n) is 9.25. The monoisotopic (exact) mass is 462 g/mol. The lowest BCUT2D eigenvalue weighted by Gasteiger charge is -2.29. The second kappa shape index (κ2) is 10.4. The van der Waals surface area contributed by atoms with Gasteiger partial charge in [-0.15, -0.1) is 12.4 Å². The Morgan fingerprint density at radius 2 is 1.70 bits per heavy atom. The minimum absolute atomic E-state index is 0. The summed E-state index contributed by atoms with van der Waals surface area (Å²) in [5.74, 6) is -0.866. The van der Waals surface area contributed by atoms with Crippen molar-refractivity contribution < 1.29 is 26.7 Å². The Bertz CT molecular complexity index is 989. The van der Waals surface area contributed by atoms with E-state index in [1.165, 1.54) is 5.56 Å². The highest BCUT2D eigenvalue weighted by Crippen LogP contribution is 2.33. The molecule has 30 heavy (non-hydrogen) atoms. The fraction of sp³-hybridized carbons (Fsp3) is 0.400. The van der Waals surface area contributed by atoms with Crippen molar-refractivity contribution in [2.75, 3.05) is 33.9 Å². The fourth-order valence-corrected chi connectivity index (χ4v) is 4.45. The van der Waals surface area contributed by atoms with Gasteiger partial charge in [0.05, 0.1) is 19.1 Å². The third kappa shape index (κ3) is 5.60. The molecule has 0 aromatic heterocycles. The molecule has 6 nitrogen and oxygen atoms in total. The maximum Gasteiger partial charge on any atom is 0.240 e. The minimum Gasteiger partial charge on any atom is -0.493 e. The van der Waals surface area contributed by atoms with Crippen LogP contribution in [0.5, 0.6) is 11.5 Å². The number of rotatable bonds is 8. The average molecular weight is 463 g/mol. The van der Waals surface area contributed by atoms with Gasteiger partial charge in [0.15, 0.2) is 23.1 Å². The number of nitrogens with zero attached hydrogens (tertiary/aromatic N) is 1. The van der Waals surface area contributed by atoms with Gasteiger partial charge in [-0.3, -0.25) is 4.90 Å². The first-order chi connectivity index (χ1) is 13.8. The van der Waals surface area contributed by atoms with Crippen LogP contribution in [0.15, 0.2) is 35.2 Å². The largest absolute Gasteiger partial charge is 0.493 e. The lowest BCUT2D eigenvalue weighted by atomic mass is 9.98. The predicted molar refractivity (Wildman–Crippen MR) is 112 cm³/mol. The van der Waals surface area contributed by atoms with Gasteiger partial charge in [-0.05, 0) is 60.8 Å². The molecular weight excluding hydrogens is 438 g/mol. The van der Waals surface area contributed by atoms with E-state index < -0.39 is 21.7 Å². The van der Waals surface area contributed by atoms with Gasteiger partial charge in [0.1, 0.15) is 0 Å². The number of hydrogen-bond donors (Lipinski definition) is 1. The Hall–Kier alpha value is -1.94. The molecule has 3 rings (SSSR count). The van der Waals surface area contributed by atoms with Crippen molar-refractivity contribution in [3.05, 3.63) is 53.1 Å². The lowest BCUT2D eigenvalue weighted by Crippen LogP contribution is -2.33. The van der Waals surface area contributed by atoms with Crippen LogP contribution in [0, 0.1) is 11.6 Å². The summed E-state index contributed by atoms with van der Waals surface area (Å²) in [5, 5.41) is 0. The second-order valence-electron chi connectivity index (χ2n) is 6.83. The van der Waals surface area contributed by atoms with Crippen molar-refractivity contribution in [2.45, 2.75) is 24.3 Å². The van der Waals surface area contributed by atoms with Crippen molar-refractivity contribution >= 4 is 22.4 Å². The zero-order valence-electron chi connectivity index (χ0n) is 16.8. The molecule has 0 fully saturated rings. The first-order valence-corrected chi connectivity index (χ1v) is 10.7. The Kier molecular flexibility index (Phi) is 8.42. The Balaban J connectivity index is 0.00000320. The molecule has 0 saturated carbocycles. The summed E-state index contributed by atoms with van der Waals surface area (Å²) in [6, 6.07) is 6.51. The van der Waals surface area contributed by atoms with Crippen LogP contribution in [-0.4, -0.2) is 47.2 Å². The smallest absolute Gasteiger partial charge is 0.240 e. The fourth-order valence-electron chi connectivity index (χ4n) is 3.37. The summed E-state index contributed by atoms with van der Waals surface area (Å²) in [7, 11) is -0.660. The number of nitrogens with one attached hydrogen (secondary N) is 1. The highest BCUT2D eigenvalue weighted by atomic mass is 35.5. The van der Waals surface area contributed by atoms with Gasteiger partial charge in [0.25, 0.3) is 0 Å². The molecule has 1 aliphatic heterocycles. The third-order valence-corrected chi connectivity index (χ3v) is 6.40. The molecule has 0 aliphatic carbocycles. The van der Waals surface area contributed by atoms with Gasteiger partial charge in [-0.2, -0.15) is 0 Å². The molecule has 2 aromatic carbocycles. The second-order valence-corrected chi connectivity index (χ2v) is 8.60. The van der Waals surface area contributed by atoms with Gasteiger partial charge in [-0.1, -0.05) is 0 Å². The van der Waals surface area contributed by atoms with Crippen molar-refractivity contribution in [3.63, 3.8) is 0 Å². The van der Waals surface area contributed by atoms with E-state index in [4.69, 9.17) is 9.47 Å². The standard InChI is InChI=1S/C20H24F2N2O4S.ClH/c1-27-19-10-14-6-9-24(13-15(14)11-20(19)28-2)8-3-7-23-29(25,26)16-4-5-17(21)18(22)12-16;/h4-5,10-12,23H,3,6-9,13H2,1-2H3;1H. The number of hydrogen-bond acceptors (Lipinski definition) is 5.